The van der Waals surface area contributed by atoms with Gasteiger partial charge in [0.05, 0.1) is 12.3 Å². The summed E-state index contributed by atoms with van der Waals surface area (Å²) >= 11 is 11.8. The highest BCUT2D eigenvalue weighted by atomic mass is 35.5. The second kappa shape index (κ2) is 9.75. The number of carbonyl (C=O) groups is 2. The Morgan fingerprint density at radius 3 is 2.32 bits per heavy atom. The molecule has 1 heterocycles. The van der Waals surface area contributed by atoms with Gasteiger partial charge in [0.25, 0.3) is 17.4 Å². The van der Waals surface area contributed by atoms with Crippen LogP contribution in [-0.4, -0.2) is 42.2 Å². The van der Waals surface area contributed by atoms with Gasteiger partial charge >= 0.3 is 6.18 Å². The van der Waals surface area contributed by atoms with Crippen LogP contribution in [0.5, 0.6) is 0 Å². The zero-order chi connectivity index (χ0) is 27.2. The molecule has 198 valence electrons. The second-order valence-corrected chi connectivity index (χ2v) is 9.90. The van der Waals surface area contributed by atoms with Crippen molar-refractivity contribution in [2.45, 2.75) is 49.9 Å². The smallest absolute Gasteiger partial charge is 0.374 e. The van der Waals surface area contributed by atoms with Gasteiger partial charge in [-0.15, -0.1) is 0 Å². The number of carbonyl (C=O) groups excluding carboxylic acids is 2. The Hall–Kier alpha value is -2.92. The number of nitrogens with one attached hydrogen (secondary N) is 2. The van der Waals surface area contributed by atoms with E-state index in [1.54, 1.807) is 6.92 Å². The fourth-order valence-electron chi connectivity index (χ4n) is 4.24. The molecule has 37 heavy (non-hydrogen) atoms. The summed E-state index contributed by atoms with van der Waals surface area (Å²) in [5, 5.41) is 8.52. The minimum Gasteiger partial charge on any atom is -0.374 e. The van der Waals surface area contributed by atoms with Crippen molar-refractivity contribution in [2.24, 2.45) is 5.16 Å². The van der Waals surface area contributed by atoms with Crippen LogP contribution < -0.4 is 10.6 Å². The fourth-order valence-corrected chi connectivity index (χ4v) is 4.77. The highest BCUT2D eigenvalue weighted by Gasteiger charge is 2.62. The van der Waals surface area contributed by atoms with Crippen LogP contribution in [0.4, 0.5) is 22.0 Å². The fraction of sp³-hybridized carbons (Fsp3) is 0.375. The Morgan fingerprint density at radius 1 is 1.11 bits per heavy atom. The number of amides is 2. The molecule has 1 fully saturated rings. The van der Waals surface area contributed by atoms with Gasteiger partial charge in [-0.25, -0.2) is 8.78 Å². The highest BCUT2D eigenvalue weighted by Crippen LogP contribution is 2.49. The van der Waals surface area contributed by atoms with E-state index in [-0.39, 0.29) is 26.9 Å². The van der Waals surface area contributed by atoms with Crippen LogP contribution in [0.3, 0.4) is 0 Å². The molecule has 2 aromatic carbocycles. The van der Waals surface area contributed by atoms with E-state index in [9.17, 15) is 31.5 Å². The monoisotopic (exact) mass is 563 g/mol. The van der Waals surface area contributed by atoms with Gasteiger partial charge in [0.2, 0.25) is 5.91 Å². The van der Waals surface area contributed by atoms with Gasteiger partial charge in [-0.3, -0.25) is 9.59 Å². The molecule has 4 rings (SSSR count). The Balaban J connectivity index is 1.44. The predicted molar refractivity (Wildman–Crippen MR) is 126 cm³/mol. The third kappa shape index (κ3) is 5.67. The van der Waals surface area contributed by atoms with Gasteiger partial charge in [0, 0.05) is 46.5 Å². The van der Waals surface area contributed by atoms with Crippen molar-refractivity contribution < 1.29 is 36.4 Å². The third-order valence-electron chi connectivity index (χ3n) is 6.18. The Bertz CT molecular complexity index is 1260. The van der Waals surface area contributed by atoms with E-state index in [0.29, 0.717) is 11.1 Å². The van der Waals surface area contributed by atoms with Crippen molar-refractivity contribution >= 4 is 40.7 Å². The molecule has 0 radical (unpaired) electrons. The lowest BCUT2D eigenvalue weighted by molar-refractivity contribution is -0.275. The van der Waals surface area contributed by atoms with Crippen LogP contribution in [-0.2, 0) is 15.2 Å². The largest absolute Gasteiger partial charge is 0.435 e. The Morgan fingerprint density at radius 2 is 1.76 bits per heavy atom. The number of aryl methyl sites for hydroxylation is 1. The Kier molecular flexibility index (Phi) is 7.15. The number of nitrogens with zero attached hydrogens (tertiary/aromatic N) is 1. The second-order valence-electron chi connectivity index (χ2n) is 9.03. The van der Waals surface area contributed by atoms with E-state index >= 15 is 0 Å². The van der Waals surface area contributed by atoms with E-state index in [0.717, 1.165) is 12.1 Å². The summed E-state index contributed by atoms with van der Waals surface area (Å²) in [6, 6.07) is 7.17. The summed E-state index contributed by atoms with van der Waals surface area (Å²) in [5.74, 6) is -4.00. The number of hydrogen-bond donors (Lipinski definition) is 2. The quantitative estimate of drug-likeness (QED) is 0.454. The summed E-state index contributed by atoms with van der Waals surface area (Å²) in [6.07, 6.45) is -6.39. The summed E-state index contributed by atoms with van der Waals surface area (Å²) in [7, 11) is 0. The minimum atomic E-state index is -4.85. The zero-order valence-electron chi connectivity index (χ0n) is 19.2. The topological polar surface area (TPSA) is 79.8 Å². The molecular weight excluding hydrogens is 544 g/mol. The first-order valence-corrected chi connectivity index (χ1v) is 11.8. The van der Waals surface area contributed by atoms with Crippen LogP contribution in [0, 0.1) is 6.92 Å². The van der Waals surface area contributed by atoms with Gasteiger partial charge in [-0.1, -0.05) is 34.4 Å². The van der Waals surface area contributed by atoms with Gasteiger partial charge in [-0.2, -0.15) is 13.2 Å². The molecule has 1 atom stereocenters. The summed E-state index contributed by atoms with van der Waals surface area (Å²) in [5.41, 5.74) is -2.20. The van der Waals surface area contributed by atoms with E-state index in [4.69, 9.17) is 28.0 Å². The molecule has 0 bridgehead atoms. The first-order valence-electron chi connectivity index (χ1n) is 11.0. The molecule has 0 aromatic heterocycles. The summed E-state index contributed by atoms with van der Waals surface area (Å²) in [6.45, 7) is 1.15. The van der Waals surface area contributed by atoms with Crippen LogP contribution in [0.1, 0.15) is 46.3 Å². The number of halogens is 7. The minimum absolute atomic E-state index is 0.000147. The molecule has 2 aliphatic rings. The molecule has 1 unspecified atom stereocenters. The molecule has 1 saturated carbocycles. The number of rotatable bonds is 6. The van der Waals surface area contributed by atoms with Crippen molar-refractivity contribution in [3.8, 4) is 0 Å². The Labute approximate surface area is 218 Å². The predicted octanol–water partition coefficient (Wildman–Crippen LogP) is 5.53. The molecule has 2 N–H and O–H groups in total. The summed E-state index contributed by atoms with van der Waals surface area (Å²) < 4.78 is 68.3. The van der Waals surface area contributed by atoms with Crippen molar-refractivity contribution in [1.82, 2.24) is 10.6 Å². The third-order valence-corrected chi connectivity index (χ3v) is 6.62. The van der Waals surface area contributed by atoms with Gasteiger partial charge < -0.3 is 15.5 Å². The van der Waals surface area contributed by atoms with Crippen LogP contribution in [0.15, 0.2) is 41.6 Å². The van der Waals surface area contributed by atoms with Crippen LogP contribution >= 0.6 is 23.2 Å². The average molecular weight is 564 g/mol. The first kappa shape index (κ1) is 27.1. The SMILES string of the molecule is Cc1cc(C2=NOC(c3cc(Cl)cc(Cl)c3)(C(F)(F)F)C2)ccc1C(=O)NCC(=O)NC1CC(F)(F)C1. The first-order chi connectivity index (χ1) is 17.2. The molecule has 0 spiro atoms. The lowest BCUT2D eigenvalue weighted by Gasteiger charge is -2.35. The van der Waals surface area contributed by atoms with E-state index in [1.807, 2.05) is 0 Å². The van der Waals surface area contributed by atoms with Gasteiger partial charge in [0.1, 0.15) is 0 Å². The van der Waals surface area contributed by atoms with E-state index in [2.05, 4.69) is 15.8 Å². The maximum Gasteiger partial charge on any atom is 0.435 e. The lowest BCUT2D eigenvalue weighted by Crippen LogP contribution is -2.52. The molecule has 6 nitrogen and oxygen atoms in total. The maximum atomic E-state index is 14.2. The van der Waals surface area contributed by atoms with Gasteiger partial charge in [-0.05, 0) is 48.4 Å². The molecule has 2 amide bonds. The van der Waals surface area contributed by atoms with Crippen molar-refractivity contribution in [2.75, 3.05) is 6.54 Å². The van der Waals surface area contributed by atoms with Gasteiger partial charge in [0.15, 0.2) is 0 Å². The van der Waals surface area contributed by atoms with E-state index in [1.165, 1.54) is 24.3 Å². The van der Waals surface area contributed by atoms with Crippen molar-refractivity contribution in [1.29, 1.82) is 0 Å². The molecule has 1 aliphatic carbocycles. The van der Waals surface area contributed by atoms with E-state index < -0.39 is 61.4 Å². The van der Waals surface area contributed by atoms with Crippen molar-refractivity contribution in [3.63, 3.8) is 0 Å². The zero-order valence-corrected chi connectivity index (χ0v) is 20.7. The highest BCUT2D eigenvalue weighted by molar-refractivity contribution is 6.34. The van der Waals surface area contributed by atoms with Crippen LogP contribution in [0.2, 0.25) is 10.0 Å². The standard InChI is InChI=1S/C24H20Cl2F5N3O3/c1-12-4-13(2-3-18(12)21(36)32-11-20(35)33-17-8-22(27,28)9-17)19-10-23(37-34-19,24(29,30)31)14-5-15(25)7-16(26)6-14/h2-7,17H,8-11H2,1H3,(H,32,36)(H,33,35). The molecule has 13 heteroatoms. The molecule has 1 aliphatic heterocycles. The maximum absolute atomic E-state index is 14.2. The van der Waals surface area contributed by atoms with Crippen molar-refractivity contribution in [3.05, 3.63) is 68.7 Å². The average Bonchev–Trinajstić information content (AvgIpc) is 3.22. The number of benzene rings is 2. The molecule has 2 aromatic rings. The number of oxime groups is 1. The lowest BCUT2D eigenvalue weighted by atomic mass is 9.86. The normalized spacial score (nSPS) is 21.0. The summed E-state index contributed by atoms with van der Waals surface area (Å²) in [4.78, 5) is 29.4. The number of alkyl halides is 5. The molecule has 0 saturated heterocycles. The molecular formula is C24H20Cl2F5N3O3. The van der Waals surface area contributed by atoms with Crippen LogP contribution in [0.25, 0.3) is 0 Å². The number of hydrogen-bond acceptors (Lipinski definition) is 4.